The predicted molar refractivity (Wildman–Crippen MR) is 78.3 cm³/mol. The summed E-state index contributed by atoms with van der Waals surface area (Å²) in [6.07, 6.45) is 0. The van der Waals surface area contributed by atoms with Crippen LogP contribution in [0.1, 0.15) is 15.9 Å². The smallest absolute Gasteiger partial charge is 0.257 e. The van der Waals surface area contributed by atoms with Crippen molar-refractivity contribution in [2.24, 2.45) is 5.84 Å². The minimum absolute atomic E-state index is 0.220. The zero-order chi connectivity index (χ0) is 15.6. The van der Waals surface area contributed by atoms with Crippen molar-refractivity contribution in [1.29, 1.82) is 0 Å². The molecule has 0 aliphatic rings. The third-order valence-electron chi connectivity index (χ3n) is 2.82. The van der Waals surface area contributed by atoms with Crippen molar-refractivity contribution in [3.05, 3.63) is 58.1 Å². The van der Waals surface area contributed by atoms with Crippen molar-refractivity contribution in [1.82, 2.24) is 0 Å². The average molecular weight is 312 g/mol. The average Bonchev–Trinajstić information content (AvgIpc) is 2.42. The van der Waals surface area contributed by atoms with Gasteiger partial charge in [0, 0.05) is 6.07 Å². The number of anilines is 2. The molecule has 0 fully saturated rings. The van der Waals surface area contributed by atoms with Gasteiger partial charge in [-0.2, -0.15) is 0 Å². The standard InChI is InChI=1S/C14H12ClF2N3O/c1-7-2-3-12(20-18)9(4-7)14(21)19-13-10(15)5-8(16)6-11(13)17/h2-6,20H,18H2,1H3,(H,19,21). The van der Waals surface area contributed by atoms with Crippen LogP contribution in [-0.4, -0.2) is 5.91 Å². The van der Waals surface area contributed by atoms with E-state index in [0.717, 1.165) is 11.6 Å². The van der Waals surface area contributed by atoms with E-state index in [2.05, 4.69) is 10.7 Å². The fourth-order valence-electron chi connectivity index (χ4n) is 1.81. The Balaban J connectivity index is 2.37. The summed E-state index contributed by atoms with van der Waals surface area (Å²) < 4.78 is 26.6. The van der Waals surface area contributed by atoms with Gasteiger partial charge in [-0.15, -0.1) is 0 Å². The summed E-state index contributed by atoms with van der Waals surface area (Å²) in [5.74, 6) is 2.94. The number of hydrogen-bond acceptors (Lipinski definition) is 3. The lowest BCUT2D eigenvalue weighted by molar-refractivity contribution is 0.102. The third kappa shape index (κ3) is 3.29. The van der Waals surface area contributed by atoms with Crippen molar-refractivity contribution >= 4 is 28.9 Å². The Morgan fingerprint density at radius 3 is 2.57 bits per heavy atom. The number of carbonyl (C=O) groups is 1. The Morgan fingerprint density at radius 1 is 1.24 bits per heavy atom. The summed E-state index contributed by atoms with van der Waals surface area (Å²) >= 11 is 5.74. The summed E-state index contributed by atoms with van der Waals surface area (Å²) in [5.41, 5.74) is 3.51. The summed E-state index contributed by atoms with van der Waals surface area (Å²) in [5, 5.41) is 2.09. The molecule has 0 spiro atoms. The molecule has 0 aromatic heterocycles. The van der Waals surface area contributed by atoms with Crippen molar-refractivity contribution < 1.29 is 13.6 Å². The van der Waals surface area contributed by atoms with E-state index in [-0.39, 0.29) is 16.3 Å². The molecule has 0 aliphatic carbocycles. The molecule has 0 saturated heterocycles. The minimum atomic E-state index is -0.955. The monoisotopic (exact) mass is 311 g/mol. The second-order valence-electron chi connectivity index (χ2n) is 4.39. The van der Waals surface area contributed by atoms with Gasteiger partial charge in [0.1, 0.15) is 5.82 Å². The lowest BCUT2D eigenvalue weighted by atomic mass is 10.1. The number of hydrazine groups is 1. The van der Waals surface area contributed by atoms with Gasteiger partial charge in [-0.05, 0) is 25.1 Å². The van der Waals surface area contributed by atoms with Gasteiger partial charge in [0.25, 0.3) is 5.91 Å². The highest BCUT2D eigenvalue weighted by atomic mass is 35.5. The van der Waals surface area contributed by atoms with E-state index < -0.39 is 17.5 Å². The van der Waals surface area contributed by atoms with E-state index in [1.165, 1.54) is 0 Å². The van der Waals surface area contributed by atoms with Crippen LogP contribution >= 0.6 is 11.6 Å². The number of amides is 1. The molecular weight excluding hydrogens is 300 g/mol. The van der Waals surface area contributed by atoms with Crippen molar-refractivity contribution in [3.8, 4) is 0 Å². The summed E-state index contributed by atoms with van der Waals surface area (Å²) in [7, 11) is 0. The van der Waals surface area contributed by atoms with Crippen LogP contribution in [-0.2, 0) is 0 Å². The van der Waals surface area contributed by atoms with Gasteiger partial charge in [0.05, 0.1) is 22.0 Å². The second kappa shape index (κ2) is 6.07. The van der Waals surface area contributed by atoms with E-state index in [0.29, 0.717) is 11.8 Å². The topological polar surface area (TPSA) is 67.1 Å². The summed E-state index contributed by atoms with van der Waals surface area (Å²) in [6.45, 7) is 1.79. The molecule has 4 nitrogen and oxygen atoms in total. The molecule has 2 aromatic carbocycles. The number of benzene rings is 2. The van der Waals surface area contributed by atoms with Crippen LogP contribution in [0.2, 0.25) is 5.02 Å². The van der Waals surface area contributed by atoms with Crippen molar-refractivity contribution in [3.63, 3.8) is 0 Å². The molecular formula is C14H12ClF2N3O. The maximum atomic E-state index is 13.7. The maximum Gasteiger partial charge on any atom is 0.257 e. The molecule has 1 amide bonds. The van der Waals surface area contributed by atoms with E-state index in [4.69, 9.17) is 17.4 Å². The van der Waals surface area contributed by atoms with Crippen LogP contribution < -0.4 is 16.6 Å². The molecule has 7 heteroatoms. The predicted octanol–water partition coefficient (Wildman–Crippen LogP) is 3.46. The van der Waals surface area contributed by atoms with Crippen LogP contribution in [0.15, 0.2) is 30.3 Å². The SMILES string of the molecule is Cc1ccc(NN)c(C(=O)Nc2c(F)cc(F)cc2Cl)c1. The first-order chi connectivity index (χ1) is 9.92. The molecule has 21 heavy (non-hydrogen) atoms. The van der Waals surface area contributed by atoms with Crippen LogP contribution in [0.25, 0.3) is 0 Å². The lowest BCUT2D eigenvalue weighted by Crippen LogP contribution is -2.18. The molecule has 2 rings (SSSR count). The zero-order valence-corrected chi connectivity index (χ0v) is 11.8. The largest absolute Gasteiger partial charge is 0.323 e. The highest BCUT2D eigenvalue weighted by Crippen LogP contribution is 2.27. The van der Waals surface area contributed by atoms with Gasteiger partial charge in [0.2, 0.25) is 0 Å². The molecule has 0 aliphatic heterocycles. The number of hydrogen-bond donors (Lipinski definition) is 3. The number of nitrogen functional groups attached to an aromatic ring is 1. The maximum absolute atomic E-state index is 13.7. The molecule has 4 N–H and O–H groups in total. The first kappa shape index (κ1) is 15.2. The Labute approximate surface area is 124 Å². The molecule has 2 aromatic rings. The first-order valence-corrected chi connectivity index (χ1v) is 6.33. The molecule has 0 saturated carbocycles. The molecule has 110 valence electrons. The van der Waals surface area contributed by atoms with E-state index in [1.807, 2.05) is 0 Å². The first-order valence-electron chi connectivity index (χ1n) is 5.95. The fourth-order valence-corrected chi connectivity index (χ4v) is 2.06. The number of aryl methyl sites for hydroxylation is 1. The fraction of sp³-hybridized carbons (Fsp3) is 0.0714. The van der Waals surface area contributed by atoms with Gasteiger partial charge in [-0.25, -0.2) is 8.78 Å². The number of halogens is 3. The zero-order valence-electron chi connectivity index (χ0n) is 11.0. The highest BCUT2D eigenvalue weighted by Gasteiger charge is 2.16. The van der Waals surface area contributed by atoms with Crippen LogP contribution in [0.3, 0.4) is 0 Å². The molecule has 0 atom stereocenters. The highest BCUT2D eigenvalue weighted by molar-refractivity contribution is 6.34. The Hall–Kier alpha value is -2.18. The number of nitrogens with two attached hydrogens (primary N) is 1. The van der Waals surface area contributed by atoms with Gasteiger partial charge < -0.3 is 10.7 Å². The van der Waals surface area contributed by atoms with Crippen LogP contribution in [0, 0.1) is 18.6 Å². The Kier molecular flexibility index (Phi) is 4.40. The van der Waals surface area contributed by atoms with E-state index in [9.17, 15) is 13.6 Å². The quantitative estimate of drug-likeness (QED) is 0.600. The van der Waals surface area contributed by atoms with E-state index in [1.54, 1.807) is 25.1 Å². The second-order valence-corrected chi connectivity index (χ2v) is 4.80. The minimum Gasteiger partial charge on any atom is -0.323 e. The Morgan fingerprint density at radius 2 is 1.95 bits per heavy atom. The van der Waals surface area contributed by atoms with Gasteiger partial charge >= 0.3 is 0 Å². The molecule has 0 bridgehead atoms. The third-order valence-corrected chi connectivity index (χ3v) is 3.12. The van der Waals surface area contributed by atoms with Gasteiger partial charge in [0.15, 0.2) is 5.82 Å². The molecule has 0 heterocycles. The van der Waals surface area contributed by atoms with Crippen molar-refractivity contribution in [2.75, 3.05) is 10.7 Å². The molecule has 0 radical (unpaired) electrons. The number of rotatable bonds is 3. The number of nitrogens with one attached hydrogen (secondary N) is 2. The van der Waals surface area contributed by atoms with Gasteiger partial charge in [-0.1, -0.05) is 23.2 Å². The normalized spacial score (nSPS) is 10.3. The number of carbonyl (C=O) groups excluding carboxylic acids is 1. The Bertz CT molecular complexity index is 684. The van der Waals surface area contributed by atoms with Gasteiger partial charge in [-0.3, -0.25) is 10.6 Å². The molecule has 0 unspecified atom stereocenters. The van der Waals surface area contributed by atoms with Crippen LogP contribution in [0.5, 0.6) is 0 Å². The van der Waals surface area contributed by atoms with Crippen LogP contribution in [0.4, 0.5) is 20.2 Å². The van der Waals surface area contributed by atoms with Crippen molar-refractivity contribution in [2.45, 2.75) is 6.92 Å². The summed E-state index contributed by atoms with van der Waals surface area (Å²) in [6, 6.07) is 6.52. The van der Waals surface area contributed by atoms with E-state index >= 15 is 0 Å². The summed E-state index contributed by atoms with van der Waals surface area (Å²) in [4.78, 5) is 12.2. The lowest BCUT2D eigenvalue weighted by Gasteiger charge is -2.12.